The minimum Gasteiger partial charge on any atom is -0.481 e. The minimum atomic E-state index is -0.793. The average Bonchev–Trinajstić information content (AvgIpc) is 2.40. The van der Waals surface area contributed by atoms with E-state index in [0.29, 0.717) is 24.9 Å². The molecule has 0 unspecified atom stereocenters. The molecule has 0 aliphatic rings. The quantitative estimate of drug-likeness (QED) is 0.703. The highest BCUT2D eigenvalue weighted by molar-refractivity contribution is 5.93. The first-order valence-electron chi connectivity index (χ1n) is 6.32. The predicted octanol–water partition coefficient (Wildman–Crippen LogP) is 2.09. The first-order valence-corrected chi connectivity index (χ1v) is 6.32. The van der Waals surface area contributed by atoms with Crippen LogP contribution in [-0.2, 0) is 4.79 Å². The molecule has 1 aromatic carbocycles. The third kappa shape index (κ3) is 3.47. The lowest BCUT2D eigenvalue weighted by Crippen LogP contribution is -2.36. The molecule has 5 heteroatoms. The highest BCUT2D eigenvalue weighted by Gasteiger charge is 2.34. The second-order valence-electron chi connectivity index (χ2n) is 4.59. The Morgan fingerprint density at radius 1 is 1.21 bits per heavy atom. The van der Waals surface area contributed by atoms with E-state index in [9.17, 15) is 14.7 Å². The lowest BCUT2D eigenvalue weighted by Gasteiger charge is -2.27. The van der Waals surface area contributed by atoms with Crippen LogP contribution in [0.2, 0.25) is 0 Å². The van der Waals surface area contributed by atoms with Crippen molar-refractivity contribution in [3.8, 4) is 0 Å². The maximum absolute atomic E-state index is 11.3. The van der Waals surface area contributed by atoms with Crippen LogP contribution in [0.4, 0.5) is 5.69 Å². The maximum atomic E-state index is 11.3. The first-order chi connectivity index (χ1) is 8.95. The fourth-order valence-electron chi connectivity index (χ4n) is 1.90. The number of hydrogen-bond acceptors (Lipinski definition) is 3. The van der Waals surface area contributed by atoms with Crippen LogP contribution in [0, 0.1) is 5.41 Å². The van der Waals surface area contributed by atoms with E-state index in [1.165, 1.54) is 0 Å². The number of nitrogens with two attached hydrogens (primary N) is 1. The Morgan fingerprint density at radius 3 is 2.11 bits per heavy atom. The highest BCUT2D eigenvalue weighted by Crippen LogP contribution is 2.27. The minimum absolute atomic E-state index is 0.352. The molecular weight excluding hydrogens is 244 g/mol. The molecule has 0 aromatic heterocycles. The molecule has 4 N–H and O–H groups in total. The summed E-state index contributed by atoms with van der Waals surface area (Å²) in [6.45, 7) is 4.09. The number of hydrogen-bond donors (Lipinski definition) is 3. The molecule has 0 heterocycles. The fraction of sp³-hybridized carbons (Fsp3) is 0.429. The van der Waals surface area contributed by atoms with Gasteiger partial charge in [0, 0.05) is 17.8 Å². The highest BCUT2D eigenvalue weighted by atomic mass is 16.4. The van der Waals surface area contributed by atoms with Gasteiger partial charge in [-0.25, -0.2) is 0 Å². The van der Waals surface area contributed by atoms with Crippen molar-refractivity contribution in [2.24, 2.45) is 11.1 Å². The number of aliphatic carboxylic acids is 1. The molecule has 1 aromatic rings. The fourth-order valence-corrected chi connectivity index (χ4v) is 1.90. The molecule has 0 aliphatic carbocycles. The van der Waals surface area contributed by atoms with E-state index < -0.39 is 17.3 Å². The van der Waals surface area contributed by atoms with Gasteiger partial charge in [-0.3, -0.25) is 9.59 Å². The molecule has 19 heavy (non-hydrogen) atoms. The van der Waals surface area contributed by atoms with Crippen LogP contribution in [0.1, 0.15) is 37.0 Å². The number of carboxylic acids is 1. The van der Waals surface area contributed by atoms with Crippen molar-refractivity contribution in [2.45, 2.75) is 26.7 Å². The Morgan fingerprint density at radius 2 is 1.74 bits per heavy atom. The van der Waals surface area contributed by atoms with Gasteiger partial charge in [-0.1, -0.05) is 13.8 Å². The van der Waals surface area contributed by atoms with Crippen molar-refractivity contribution in [2.75, 3.05) is 11.9 Å². The maximum Gasteiger partial charge on any atom is 0.311 e. The van der Waals surface area contributed by atoms with E-state index in [0.717, 1.165) is 5.69 Å². The van der Waals surface area contributed by atoms with Crippen molar-refractivity contribution in [3.63, 3.8) is 0 Å². The molecule has 0 aliphatic heterocycles. The van der Waals surface area contributed by atoms with Gasteiger partial charge in [-0.2, -0.15) is 0 Å². The zero-order valence-electron chi connectivity index (χ0n) is 11.3. The molecule has 0 bridgehead atoms. The lowest BCUT2D eigenvalue weighted by atomic mass is 9.82. The summed E-state index contributed by atoms with van der Waals surface area (Å²) in [5.74, 6) is -1.27. The summed E-state index contributed by atoms with van der Waals surface area (Å²) in [6, 6.07) is 6.67. The molecule has 104 valence electrons. The molecule has 0 saturated heterocycles. The van der Waals surface area contributed by atoms with E-state index >= 15 is 0 Å². The van der Waals surface area contributed by atoms with Gasteiger partial charge in [-0.15, -0.1) is 0 Å². The van der Waals surface area contributed by atoms with Gasteiger partial charge in [0.15, 0.2) is 0 Å². The summed E-state index contributed by atoms with van der Waals surface area (Å²) in [5, 5.41) is 12.4. The molecule has 1 amide bonds. The van der Waals surface area contributed by atoms with Gasteiger partial charge in [0.2, 0.25) is 5.91 Å². The Balaban J connectivity index is 2.75. The van der Waals surface area contributed by atoms with Gasteiger partial charge in [0.25, 0.3) is 0 Å². The number of amides is 1. The van der Waals surface area contributed by atoms with Gasteiger partial charge < -0.3 is 16.2 Å². The van der Waals surface area contributed by atoms with E-state index in [-0.39, 0.29) is 0 Å². The molecule has 0 saturated carbocycles. The van der Waals surface area contributed by atoms with Crippen LogP contribution in [-0.4, -0.2) is 23.5 Å². The topological polar surface area (TPSA) is 92.4 Å². The van der Waals surface area contributed by atoms with Crippen LogP contribution < -0.4 is 11.1 Å². The zero-order chi connectivity index (χ0) is 14.5. The molecule has 1 rings (SSSR count). The number of carbonyl (C=O) groups excluding carboxylic acids is 1. The molecule has 5 nitrogen and oxygen atoms in total. The SMILES string of the molecule is CCC(CC)(CNc1ccc(C(N)=O)cc1)C(=O)O. The number of carboxylic acid groups (broad SMARTS) is 1. The van der Waals surface area contributed by atoms with Crippen molar-refractivity contribution in [1.82, 2.24) is 0 Å². The number of nitrogens with one attached hydrogen (secondary N) is 1. The van der Waals surface area contributed by atoms with E-state index in [1.54, 1.807) is 24.3 Å². The predicted molar refractivity (Wildman–Crippen MR) is 74.1 cm³/mol. The Kier molecular flexibility index (Phi) is 4.92. The standard InChI is InChI=1S/C14H20N2O3/c1-3-14(4-2,13(18)19)9-16-11-7-5-10(6-8-11)12(15)17/h5-8,16H,3-4,9H2,1-2H3,(H2,15,17)(H,18,19). The van der Waals surface area contributed by atoms with Gasteiger partial charge in [0.05, 0.1) is 5.41 Å². The number of carbonyl (C=O) groups is 2. The largest absolute Gasteiger partial charge is 0.481 e. The number of rotatable bonds is 7. The van der Waals surface area contributed by atoms with Crippen LogP contribution in [0.3, 0.4) is 0 Å². The summed E-state index contributed by atoms with van der Waals surface area (Å²) < 4.78 is 0. The van der Waals surface area contributed by atoms with Gasteiger partial charge in [-0.05, 0) is 37.1 Å². The zero-order valence-corrected chi connectivity index (χ0v) is 11.3. The number of primary amides is 1. The number of anilines is 1. The lowest BCUT2D eigenvalue weighted by molar-refractivity contribution is -0.148. The van der Waals surface area contributed by atoms with Crippen molar-refractivity contribution in [1.29, 1.82) is 0 Å². The first kappa shape index (κ1) is 15.0. The van der Waals surface area contributed by atoms with E-state index in [4.69, 9.17) is 5.73 Å². The van der Waals surface area contributed by atoms with Crippen molar-refractivity contribution < 1.29 is 14.7 Å². The summed E-state index contributed by atoms with van der Waals surface area (Å²) in [4.78, 5) is 22.3. The van der Waals surface area contributed by atoms with Crippen LogP contribution in [0.15, 0.2) is 24.3 Å². The molecular formula is C14H20N2O3. The smallest absolute Gasteiger partial charge is 0.311 e. The second-order valence-corrected chi connectivity index (χ2v) is 4.59. The Bertz CT molecular complexity index is 450. The molecule has 0 atom stereocenters. The molecule has 0 spiro atoms. The third-order valence-corrected chi connectivity index (χ3v) is 3.61. The van der Waals surface area contributed by atoms with Crippen LogP contribution >= 0.6 is 0 Å². The van der Waals surface area contributed by atoms with Crippen LogP contribution in [0.25, 0.3) is 0 Å². The third-order valence-electron chi connectivity index (χ3n) is 3.61. The summed E-state index contributed by atoms with van der Waals surface area (Å²) in [5.41, 5.74) is 5.60. The van der Waals surface area contributed by atoms with Gasteiger partial charge >= 0.3 is 5.97 Å². The number of benzene rings is 1. The summed E-state index contributed by atoms with van der Waals surface area (Å²) >= 11 is 0. The van der Waals surface area contributed by atoms with Gasteiger partial charge in [0.1, 0.15) is 0 Å². The monoisotopic (exact) mass is 264 g/mol. The average molecular weight is 264 g/mol. The molecule has 0 fully saturated rings. The second kappa shape index (κ2) is 6.22. The van der Waals surface area contributed by atoms with E-state index in [2.05, 4.69) is 5.32 Å². The van der Waals surface area contributed by atoms with Crippen molar-refractivity contribution >= 4 is 17.6 Å². The summed E-state index contributed by atoms with van der Waals surface area (Å²) in [6.07, 6.45) is 1.12. The van der Waals surface area contributed by atoms with E-state index in [1.807, 2.05) is 13.8 Å². The Hall–Kier alpha value is -2.04. The Labute approximate surface area is 112 Å². The van der Waals surface area contributed by atoms with Crippen LogP contribution in [0.5, 0.6) is 0 Å². The normalized spacial score (nSPS) is 11.1. The molecule has 0 radical (unpaired) electrons. The summed E-state index contributed by atoms with van der Waals surface area (Å²) in [7, 11) is 0. The van der Waals surface area contributed by atoms with Crippen molar-refractivity contribution in [3.05, 3.63) is 29.8 Å².